The van der Waals surface area contributed by atoms with Gasteiger partial charge in [0.15, 0.2) is 6.61 Å². The molecule has 8 nitrogen and oxygen atoms in total. The molecule has 138 valence electrons. The first-order chi connectivity index (χ1) is 12.4. The third-order valence-electron chi connectivity index (χ3n) is 4.11. The number of esters is 1. The summed E-state index contributed by atoms with van der Waals surface area (Å²) in [6.07, 6.45) is 1.78. The van der Waals surface area contributed by atoms with Crippen molar-refractivity contribution in [3.8, 4) is 11.8 Å². The maximum absolute atomic E-state index is 12.0. The molecule has 0 saturated heterocycles. The first-order valence-electron chi connectivity index (χ1n) is 8.18. The average molecular weight is 359 g/mol. The maximum Gasteiger partial charge on any atom is 0.325 e. The van der Waals surface area contributed by atoms with E-state index in [-0.39, 0.29) is 12.5 Å². The van der Waals surface area contributed by atoms with Crippen LogP contribution in [0.3, 0.4) is 0 Å². The van der Waals surface area contributed by atoms with E-state index in [0.29, 0.717) is 11.3 Å². The van der Waals surface area contributed by atoms with Gasteiger partial charge in [-0.2, -0.15) is 5.26 Å². The van der Waals surface area contributed by atoms with Crippen LogP contribution in [-0.4, -0.2) is 43.6 Å². The third-order valence-corrected chi connectivity index (χ3v) is 4.11. The largest absolute Gasteiger partial charge is 0.497 e. The van der Waals surface area contributed by atoms with Crippen molar-refractivity contribution in [1.82, 2.24) is 10.6 Å². The van der Waals surface area contributed by atoms with Crippen molar-refractivity contribution >= 4 is 17.8 Å². The van der Waals surface area contributed by atoms with Crippen molar-refractivity contribution in [3.63, 3.8) is 0 Å². The van der Waals surface area contributed by atoms with Gasteiger partial charge in [0.1, 0.15) is 17.8 Å². The SMILES string of the molecule is COc1cccc(C(=O)NCC(=O)OCC(=O)N[C@@](C)(C#N)C2CC2)c1. The van der Waals surface area contributed by atoms with Gasteiger partial charge in [0.25, 0.3) is 11.8 Å². The molecule has 1 atom stereocenters. The summed E-state index contributed by atoms with van der Waals surface area (Å²) in [4.78, 5) is 35.5. The molecule has 1 aromatic rings. The second-order valence-corrected chi connectivity index (χ2v) is 6.21. The van der Waals surface area contributed by atoms with Crippen molar-refractivity contribution in [2.75, 3.05) is 20.3 Å². The minimum atomic E-state index is -0.940. The van der Waals surface area contributed by atoms with Crippen LogP contribution in [0, 0.1) is 17.2 Å². The first-order valence-corrected chi connectivity index (χ1v) is 8.18. The van der Waals surface area contributed by atoms with E-state index >= 15 is 0 Å². The summed E-state index contributed by atoms with van der Waals surface area (Å²) in [5.41, 5.74) is -0.603. The van der Waals surface area contributed by atoms with E-state index in [0.717, 1.165) is 12.8 Å². The number of amides is 2. The van der Waals surface area contributed by atoms with Gasteiger partial charge in [-0.15, -0.1) is 0 Å². The number of methoxy groups -OCH3 is 1. The molecule has 0 unspecified atom stereocenters. The molecule has 1 aliphatic rings. The molecule has 2 amide bonds. The maximum atomic E-state index is 12.0. The van der Waals surface area contributed by atoms with Gasteiger partial charge in [0, 0.05) is 5.56 Å². The molecule has 1 fully saturated rings. The number of benzene rings is 1. The summed E-state index contributed by atoms with van der Waals surface area (Å²) in [5.74, 6) is -1.10. The van der Waals surface area contributed by atoms with Crippen molar-refractivity contribution in [1.29, 1.82) is 5.26 Å². The van der Waals surface area contributed by atoms with Crippen LogP contribution >= 0.6 is 0 Å². The highest BCUT2D eigenvalue weighted by Crippen LogP contribution is 2.39. The van der Waals surface area contributed by atoms with E-state index in [4.69, 9.17) is 9.47 Å². The highest BCUT2D eigenvalue weighted by Gasteiger charge is 2.43. The van der Waals surface area contributed by atoms with E-state index < -0.39 is 29.9 Å². The molecule has 1 aromatic carbocycles. The molecule has 0 aliphatic heterocycles. The van der Waals surface area contributed by atoms with Crippen molar-refractivity contribution in [3.05, 3.63) is 29.8 Å². The lowest BCUT2D eigenvalue weighted by Gasteiger charge is -2.22. The minimum absolute atomic E-state index is 0.134. The first kappa shape index (κ1) is 19.2. The Hall–Kier alpha value is -3.08. The molecule has 2 rings (SSSR count). The smallest absolute Gasteiger partial charge is 0.325 e. The van der Waals surface area contributed by atoms with Crippen LogP contribution in [0.25, 0.3) is 0 Å². The second kappa shape index (κ2) is 8.34. The lowest BCUT2D eigenvalue weighted by molar-refractivity contribution is -0.147. The summed E-state index contributed by atoms with van der Waals surface area (Å²) in [6, 6.07) is 8.55. The van der Waals surface area contributed by atoms with Crippen LogP contribution in [0.1, 0.15) is 30.1 Å². The Morgan fingerprint density at radius 2 is 2.08 bits per heavy atom. The van der Waals surface area contributed by atoms with Crippen LogP contribution in [0.5, 0.6) is 5.75 Å². The van der Waals surface area contributed by atoms with Crippen LogP contribution in [0.4, 0.5) is 0 Å². The quantitative estimate of drug-likeness (QED) is 0.662. The Labute approximate surface area is 151 Å². The van der Waals surface area contributed by atoms with Crippen molar-refractivity contribution in [2.24, 2.45) is 5.92 Å². The van der Waals surface area contributed by atoms with Crippen LogP contribution < -0.4 is 15.4 Å². The molecule has 0 heterocycles. The summed E-state index contributed by atoms with van der Waals surface area (Å²) in [6.45, 7) is 0.776. The number of rotatable bonds is 8. The fourth-order valence-electron chi connectivity index (χ4n) is 2.42. The van der Waals surface area contributed by atoms with Crippen LogP contribution in [-0.2, 0) is 14.3 Å². The number of ether oxygens (including phenoxy) is 2. The Morgan fingerprint density at radius 3 is 2.69 bits per heavy atom. The highest BCUT2D eigenvalue weighted by atomic mass is 16.5. The van der Waals surface area contributed by atoms with Crippen molar-refractivity contribution < 1.29 is 23.9 Å². The molecule has 0 spiro atoms. The molecular weight excluding hydrogens is 338 g/mol. The number of nitrogens with zero attached hydrogens (tertiary/aromatic N) is 1. The van der Waals surface area contributed by atoms with E-state index in [9.17, 15) is 19.6 Å². The number of carbonyl (C=O) groups excluding carboxylic acids is 3. The lowest BCUT2D eigenvalue weighted by atomic mass is 9.98. The molecular formula is C18H21N3O5. The molecule has 2 N–H and O–H groups in total. The molecule has 1 aliphatic carbocycles. The molecule has 0 bridgehead atoms. The zero-order valence-corrected chi connectivity index (χ0v) is 14.7. The van der Waals surface area contributed by atoms with Gasteiger partial charge in [-0.05, 0) is 43.9 Å². The van der Waals surface area contributed by atoms with E-state index in [2.05, 4.69) is 16.7 Å². The standard InChI is InChI=1S/C18H21N3O5/c1-18(11-19,13-6-7-13)21-15(22)10-26-16(23)9-20-17(24)12-4-3-5-14(8-12)25-2/h3-5,8,13H,6-7,9-10H2,1-2H3,(H,20,24)(H,21,22)/t18-/m0/s1. The minimum Gasteiger partial charge on any atom is -0.497 e. The van der Waals surface area contributed by atoms with E-state index in [1.807, 2.05) is 0 Å². The molecule has 0 aromatic heterocycles. The van der Waals surface area contributed by atoms with E-state index in [1.165, 1.54) is 13.2 Å². The number of nitriles is 1. The number of nitrogens with one attached hydrogen (secondary N) is 2. The van der Waals surface area contributed by atoms with Gasteiger partial charge < -0.3 is 20.1 Å². The van der Waals surface area contributed by atoms with Gasteiger partial charge in [-0.1, -0.05) is 6.07 Å². The number of hydrogen-bond acceptors (Lipinski definition) is 6. The Balaban J connectivity index is 1.74. The van der Waals surface area contributed by atoms with E-state index in [1.54, 1.807) is 25.1 Å². The predicted octanol–water partition coefficient (Wildman–Crippen LogP) is 0.777. The fraction of sp³-hybridized carbons (Fsp3) is 0.444. The molecule has 0 radical (unpaired) electrons. The van der Waals surface area contributed by atoms with Gasteiger partial charge in [-0.25, -0.2) is 0 Å². The predicted molar refractivity (Wildman–Crippen MR) is 91.2 cm³/mol. The number of hydrogen-bond donors (Lipinski definition) is 2. The number of carbonyl (C=O) groups is 3. The summed E-state index contributed by atoms with van der Waals surface area (Å²) in [5, 5.41) is 14.2. The normalized spacial score (nSPS) is 15.1. The van der Waals surface area contributed by atoms with Crippen molar-refractivity contribution in [2.45, 2.75) is 25.3 Å². The average Bonchev–Trinajstić information content (AvgIpc) is 3.50. The fourth-order valence-corrected chi connectivity index (χ4v) is 2.42. The Kier molecular flexibility index (Phi) is 6.17. The zero-order valence-electron chi connectivity index (χ0n) is 14.7. The topological polar surface area (TPSA) is 118 Å². The highest BCUT2D eigenvalue weighted by molar-refractivity contribution is 5.96. The van der Waals surface area contributed by atoms with Gasteiger partial charge in [0.2, 0.25) is 0 Å². The summed E-state index contributed by atoms with van der Waals surface area (Å²) in [7, 11) is 1.49. The molecule has 26 heavy (non-hydrogen) atoms. The summed E-state index contributed by atoms with van der Waals surface area (Å²) < 4.78 is 9.85. The molecule has 1 saturated carbocycles. The molecule has 8 heteroatoms. The Morgan fingerprint density at radius 1 is 1.35 bits per heavy atom. The monoisotopic (exact) mass is 359 g/mol. The van der Waals surface area contributed by atoms with Gasteiger partial charge in [0.05, 0.1) is 13.2 Å². The second-order valence-electron chi connectivity index (χ2n) is 6.21. The Bertz CT molecular complexity index is 739. The lowest BCUT2D eigenvalue weighted by Crippen LogP contribution is -2.48. The van der Waals surface area contributed by atoms with Gasteiger partial charge in [-0.3, -0.25) is 14.4 Å². The van der Waals surface area contributed by atoms with Crippen LogP contribution in [0.2, 0.25) is 0 Å². The zero-order chi connectivity index (χ0) is 19.2. The van der Waals surface area contributed by atoms with Crippen LogP contribution in [0.15, 0.2) is 24.3 Å². The summed E-state index contributed by atoms with van der Waals surface area (Å²) >= 11 is 0. The third kappa shape index (κ3) is 5.21. The van der Waals surface area contributed by atoms with Gasteiger partial charge >= 0.3 is 5.97 Å².